The first-order chi connectivity index (χ1) is 6.27. The topological polar surface area (TPSA) is 58.5 Å². The van der Waals surface area contributed by atoms with E-state index in [1.165, 1.54) is 6.07 Å². The molecule has 0 unspecified atom stereocenters. The Balaban J connectivity index is 2.88. The second kappa shape index (κ2) is 4.35. The van der Waals surface area contributed by atoms with Gasteiger partial charge in [-0.3, -0.25) is 4.79 Å². The molecule has 0 atom stereocenters. The Kier molecular flexibility index (Phi) is 3.14. The first-order valence-electron chi connectivity index (χ1n) is 3.99. The van der Waals surface area contributed by atoms with Crippen molar-refractivity contribution in [2.45, 2.75) is 6.92 Å². The molecule has 0 aliphatic heterocycles. The summed E-state index contributed by atoms with van der Waals surface area (Å²) in [6.45, 7) is 2.40. The van der Waals surface area contributed by atoms with Crippen LogP contribution in [0.25, 0.3) is 0 Å². The van der Waals surface area contributed by atoms with E-state index in [-0.39, 0.29) is 11.6 Å². The van der Waals surface area contributed by atoms with Gasteiger partial charge >= 0.3 is 0 Å². The van der Waals surface area contributed by atoms with Crippen LogP contribution in [0.1, 0.15) is 17.3 Å². The van der Waals surface area contributed by atoms with Crippen molar-refractivity contribution < 1.29 is 4.79 Å². The quantitative estimate of drug-likeness (QED) is 0.718. The van der Waals surface area contributed by atoms with Crippen molar-refractivity contribution in [1.82, 2.24) is 5.32 Å². The summed E-state index contributed by atoms with van der Waals surface area (Å²) < 4.78 is 0. The van der Waals surface area contributed by atoms with Gasteiger partial charge in [0, 0.05) is 12.1 Å². The second-order valence-electron chi connectivity index (χ2n) is 2.50. The number of rotatable bonds is 3. The Morgan fingerprint density at radius 1 is 1.54 bits per heavy atom. The van der Waals surface area contributed by atoms with Crippen molar-refractivity contribution in [2.75, 3.05) is 6.54 Å². The van der Waals surface area contributed by atoms with Crippen molar-refractivity contribution in [3.63, 3.8) is 0 Å². The van der Waals surface area contributed by atoms with Crippen LogP contribution in [0, 0.1) is 4.91 Å². The van der Waals surface area contributed by atoms with Crippen LogP contribution in [0.4, 0.5) is 5.69 Å². The van der Waals surface area contributed by atoms with Crippen LogP contribution in [0.3, 0.4) is 0 Å². The molecule has 0 heterocycles. The van der Waals surface area contributed by atoms with Crippen LogP contribution in [-0.4, -0.2) is 12.5 Å². The summed E-state index contributed by atoms with van der Waals surface area (Å²) in [6, 6.07) is 6.27. The predicted molar refractivity (Wildman–Crippen MR) is 49.9 cm³/mol. The third-order valence-corrected chi connectivity index (χ3v) is 1.55. The third-order valence-electron chi connectivity index (χ3n) is 1.55. The smallest absolute Gasteiger partial charge is 0.251 e. The van der Waals surface area contributed by atoms with Crippen molar-refractivity contribution >= 4 is 11.6 Å². The lowest BCUT2D eigenvalue weighted by Gasteiger charge is -2.00. The summed E-state index contributed by atoms with van der Waals surface area (Å²) in [5, 5.41) is 5.37. The number of hydrogen-bond donors (Lipinski definition) is 1. The highest BCUT2D eigenvalue weighted by molar-refractivity contribution is 5.94. The van der Waals surface area contributed by atoms with E-state index >= 15 is 0 Å². The minimum Gasteiger partial charge on any atom is -0.352 e. The molecule has 1 rings (SSSR count). The fourth-order valence-corrected chi connectivity index (χ4v) is 0.967. The number of carbonyl (C=O) groups excluding carboxylic acids is 1. The summed E-state index contributed by atoms with van der Waals surface area (Å²) in [6.07, 6.45) is 0. The number of amides is 1. The third kappa shape index (κ3) is 2.37. The van der Waals surface area contributed by atoms with Crippen molar-refractivity contribution in [3.05, 3.63) is 34.7 Å². The van der Waals surface area contributed by atoms with Gasteiger partial charge in [0.25, 0.3) is 5.91 Å². The Hall–Kier alpha value is -1.71. The van der Waals surface area contributed by atoms with Crippen LogP contribution in [0.5, 0.6) is 0 Å². The van der Waals surface area contributed by atoms with Gasteiger partial charge in [-0.25, -0.2) is 0 Å². The van der Waals surface area contributed by atoms with E-state index in [4.69, 9.17) is 0 Å². The molecule has 1 aromatic rings. The summed E-state index contributed by atoms with van der Waals surface area (Å²) in [5.41, 5.74) is 0.725. The molecule has 13 heavy (non-hydrogen) atoms. The maximum Gasteiger partial charge on any atom is 0.251 e. The molecule has 4 nitrogen and oxygen atoms in total. The van der Waals surface area contributed by atoms with Crippen molar-refractivity contribution in [3.8, 4) is 0 Å². The molecular formula is C9H10N2O2. The molecule has 1 amide bonds. The lowest BCUT2D eigenvalue weighted by Crippen LogP contribution is -2.22. The highest BCUT2D eigenvalue weighted by atomic mass is 16.3. The lowest BCUT2D eigenvalue weighted by atomic mass is 10.2. The molecule has 68 valence electrons. The molecular weight excluding hydrogens is 168 g/mol. The van der Waals surface area contributed by atoms with Crippen LogP contribution >= 0.6 is 0 Å². The molecule has 4 heteroatoms. The highest BCUT2D eigenvalue weighted by Crippen LogP contribution is 2.12. The summed E-state index contributed by atoms with van der Waals surface area (Å²) in [5.74, 6) is -0.187. The molecule has 0 spiro atoms. The molecule has 0 saturated heterocycles. The standard InChI is InChI=1S/C9H10N2O2/c1-2-10-9(12)7-4-3-5-8(6-7)11-13/h3-6H,2H2,1H3,(H,10,12). The van der Waals surface area contributed by atoms with Gasteiger partial charge in [0.05, 0.1) is 0 Å². The van der Waals surface area contributed by atoms with Crippen LogP contribution in [0.2, 0.25) is 0 Å². The van der Waals surface area contributed by atoms with Crippen molar-refractivity contribution in [1.29, 1.82) is 0 Å². The Morgan fingerprint density at radius 2 is 2.31 bits per heavy atom. The van der Waals surface area contributed by atoms with Gasteiger partial charge in [-0.05, 0) is 30.3 Å². The zero-order valence-corrected chi connectivity index (χ0v) is 7.28. The van der Waals surface area contributed by atoms with Crippen LogP contribution < -0.4 is 5.32 Å². The Bertz CT molecular complexity index is 323. The number of nitroso groups, excluding NO2 is 1. The van der Waals surface area contributed by atoms with E-state index in [0.29, 0.717) is 12.1 Å². The fraction of sp³-hybridized carbons (Fsp3) is 0.222. The number of benzene rings is 1. The average molecular weight is 178 g/mol. The van der Waals surface area contributed by atoms with E-state index in [0.717, 1.165) is 0 Å². The lowest BCUT2D eigenvalue weighted by molar-refractivity contribution is 0.0956. The van der Waals surface area contributed by atoms with Gasteiger partial charge in [-0.1, -0.05) is 6.07 Å². The van der Waals surface area contributed by atoms with Gasteiger partial charge in [0.2, 0.25) is 0 Å². The van der Waals surface area contributed by atoms with Gasteiger partial charge in [0.1, 0.15) is 5.69 Å². The normalized spacial score (nSPS) is 9.31. The molecule has 0 fully saturated rings. The van der Waals surface area contributed by atoms with Gasteiger partial charge in [0.15, 0.2) is 0 Å². The number of nitrogens with one attached hydrogen (secondary N) is 1. The SMILES string of the molecule is CCNC(=O)c1cccc(N=O)c1. The molecule has 0 bridgehead atoms. The van der Waals surface area contributed by atoms with E-state index in [1.807, 2.05) is 6.92 Å². The molecule has 0 aromatic heterocycles. The van der Waals surface area contributed by atoms with Crippen LogP contribution in [0.15, 0.2) is 29.4 Å². The maximum absolute atomic E-state index is 11.3. The number of nitrogens with zero attached hydrogens (tertiary/aromatic N) is 1. The molecule has 1 aromatic carbocycles. The van der Waals surface area contributed by atoms with Gasteiger partial charge in [-0.15, -0.1) is 4.91 Å². The average Bonchev–Trinajstić information content (AvgIpc) is 2.18. The summed E-state index contributed by atoms with van der Waals surface area (Å²) in [7, 11) is 0. The highest BCUT2D eigenvalue weighted by Gasteiger charge is 2.03. The largest absolute Gasteiger partial charge is 0.352 e. The Morgan fingerprint density at radius 3 is 2.92 bits per heavy atom. The minimum atomic E-state index is -0.187. The zero-order valence-electron chi connectivity index (χ0n) is 7.28. The van der Waals surface area contributed by atoms with E-state index in [2.05, 4.69) is 10.5 Å². The predicted octanol–water partition coefficient (Wildman–Crippen LogP) is 1.83. The number of carbonyl (C=O) groups is 1. The molecule has 0 aliphatic rings. The maximum atomic E-state index is 11.3. The molecule has 0 aliphatic carbocycles. The first-order valence-corrected chi connectivity index (χ1v) is 3.99. The van der Waals surface area contributed by atoms with Gasteiger partial charge < -0.3 is 5.32 Å². The minimum absolute atomic E-state index is 0.187. The fourth-order valence-electron chi connectivity index (χ4n) is 0.967. The van der Waals surface area contributed by atoms with E-state index in [1.54, 1.807) is 18.2 Å². The van der Waals surface area contributed by atoms with E-state index < -0.39 is 0 Å². The van der Waals surface area contributed by atoms with E-state index in [9.17, 15) is 9.70 Å². The molecule has 1 N–H and O–H groups in total. The van der Waals surface area contributed by atoms with Crippen molar-refractivity contribution in [2.24, 2.45) is 5.18 Å². The first kappa shape index (κ1) is 9.38. The van der Waals surface area contributed by atoms with Crippen LogP contribution in [-0.2, 0) is 0 Å². The molecule has 0 saturated carbocycles. The second-order valence-corrected chi connectivity index (χ2v) is 2.50. The number of hydrogen-bond acceptors (Lipinski definition) is 3. The Labute approximate surface area is 75.9 Å². The monoisotopic (exact) mass is 178 g/mol. The summed E-state index contributed by atoms with van der Waals surface area (Å²) in [4.78, 5) is 21.4. The van der Waals surface area contributed by atoms with Gasteiger partial charge in [-0.2, -0.15) is 0 Å². The zero-order chi connectivity index (χ0) is 9.68. The summed E-state index contributed by atoms with van der Waals surface area (Å²) >= 11 is 0. The molecule has 0 radical (unpaired) electrons.